The lowest BCUT2D eigenvalue weighted by Crippen LogP contribution is -2.36. The van der Waals surface area contributed by atoms with E-state index in [4.69, 9.17) is 9.47 Å². The highest BCUT2D eigenvalue weighted by Crippen LogP contribution is 2.43. The van der Waals surface area contributed by atoms with Crippen molar-refractivity contribution in [2.24, 2.45) is 11.8 Å². The number of amides is 1. The fourth-order valence-electron chi connectivity index (χ4n) is 3.00. The van der Waals surface area contributed by atoms with Gasteiger partial charge in [0.15, 0.2) is 0 Å². The zero-order valence-electron chi connectivity index (χ0n) is 10.6. The lowest BCUT2D eigenvalue weighted by atomic mass is 9.86. The molecule has 4 atom stereocenters. The van der Waals surface area contributed by atoms with Crippen LogP contribution in [0.2, 0.25) is 0 Å². The third kappa shape index (κ3) is 1.84. The lowest BCUT2D eigenvalue weighted by Gasteiger charge is -2.25. The van der Waals surface area contributed by atoms with E-state index in [9.17, 15) is 4.79 Å². The van der Waals surface area contributed by atoms with Gasteiger partial charge in [-0.15, -0.1) is 0 Å². The number of fused-ring (bicyclic) bond motifs is 5. The Kier molecular flexibility index (Phi) is 2.27. The van der Waals surface area contributed by atoms with Crippen molar-refractivity contribution in [2.45, 2.75) is 38.6 Å². The molecular formula is C13H19NO3. The maximum absolute atomic E-state index is 12.0. The number of carbonyl (C=O) groups excluding carboxylic acids is 1. The van der Waals surface area contributed by atoms with Crippen molar-refractivity contribution in [3.8, 4) is 0 Å². The van der Waals surface area contributed by atoms with Crippen LogP contribution < -0.4 is 0 Å². The molecule has 3 rings (SSSR count). The molecule has 0 spiro atoms. The molecule has 2 bridgehead atoms. The average Bonchev–Trinajstić information content (AvgIpc) is 2.87. The third-order valence-corrected chi connectivity index (χ3v) is 3.71. The van der Waals surface area contributed by atoms with Crippen LogP contribution in [0.5, 0.6) is 0 Å². The Hall–Kier alpha value is -1.03. The first-order valence-electron chi connectivity index (χ1n) is 6.26. The smallest absolute Gasteiger partial charge is 0.410 e. The minimum Gasteiger partial charge on any atom is -0.444 e. The zero-order valence-corrected chi connectivity index (χ0v) is 10.6. The summed E-state index contributed by atoms with van der Waals surface area (Å²) < 4.78 is 11.2. The SMILES string of the molecule is CC(C)(C)OC(=O)N1C[C@@H]2[C@H](C1)[C@H]1C=C[C@H]2O1. The van der Waals surface area contributed by atoms with E-state index in [1.807, 2.05) is 25.7 Å². The maximum Gasteiger partial charge on any atom is 0.410 e. The monoisotopic (exact) mass is 237 g/mol. The van der Waals surface area contributed by atoms with E-state index in [1.165, 1.54) is 0 Å². The topological polar surface area (TPSA) is 38.8 Å². The van der Waals surface area contributed by atoms with E-state index < -0.39 is 5.60 Å². The van der Waals surface area contributed by atoms with Crippen LogP contribution in [0.25, 0.3) is 0 Å². The van der Waals surface area contributed by atoms with Gasteiger partial charge in [-0.05, 0) is 20.8 Å². The molecule has 4 heteroatoms. The molecule has 0 unspecified atom stereocenters. The van der Waals surface area contributed by atoms with Gasteiger partial charge in [-0.1, -0.05) is 12.2 Å². The molecular weight excluding hydrogens is 218 g/mol. The van der Waals surface area contributed by atoms with Crippen LogP contribution in [0.3, 0.4) is 0 Å². The van der Waals surface area contributed by atoms with Gasteiger partial charge in [0.25, 0.3) is 0 Å². The molecule has 4 nitrogen and oxygen atoms in total. The standard InChI is InChI=1S/C13H19NO3/c1-13(2,3)17-12(15)14-6-8-9(7-14)11-5-4-10(8)16-11/h4-5,8-11H,6-7H2,1-3H3/t8-,9+,10-,11-/m1/s1. The molecule has 2 fully saturated rings. The fraction of sp³-hybridized carbons (Fsp3) is 0.769. The molecule has 0 aliphatic carbocycles. The molecule has 0 N–H and O–H groups in total. The van der Waals surface area contributed by atoms with Crippen molar-refractivity contribution >= 4 is 6.09 Å². The first-order valence-corrected chi connectivity index (χ1v) is 6.26. The second-order valence-corrected chi connectivity index (χ2v) is 6.16. The van der Waals surface area contributed by atoms with Gasteiger partial charge in [0.05, 0.1) is 12.2 Å². The van der Waals surface area contributed by atoms with Crippen molar-refractivity contribution in [3.05, 3.63) is 12.2 Å². The molecule has 2 saturated heterocycles. The number of nitrogens with zero attached hydrogens (tertiary/aromatic N) is 1. The van der Waals surface area contributed by atoms with Gasteiger partial charge >= 0.3 is 6.09 Å². The lowest BCUT2D eigenvalue weighted by molar-refractivity contribution is 0.0223. The summed E-state index contributed by atoms with van der Waals surface area (Å²) in [6.07, 6.45) is 4.51. The largest absolute Gasteiger partial charge is 0.444 e. The van der Waals surface area contributed by atoms with Crippen LogP contribution >= 0.6 is 0 Å². The molecule has 0 aromatic carbocycles. The van der Waals surface area contributed by atoms with Crippen molar-refractivity contribution in [1.29, 1.82) is 0 Å². The second-order valence-electron chi connectivity index (χ2n) is 6.16. The Labute approximate surface area is 102 Å². The van der Waals surface area contributed by atoms with Crippen LogP contribution in [-0.2, 0) is 9.47 Å². The van der Waals surface area contributed by atoms with E-state index in [0.29, 0.717) is 11.8 Å². The first-order chi connectivity index (χ1) is 7.94. The normalized spacial score (nSPS) is 38.6. The number of ether oxygens (including phenoxy) is 2. The van der Waals surface area contributed by atoms with Crippen LogP contribution in [-0.4, -0.2) is 41.9 Å². The summed E-state index contributed by atoms with van der Waals surface area (Å²) in [6.45, 7) is 7.23. The van der Waals surface area contributed by atoms with E-state index in [0.717, 1.165) is 13.1 Å². The minimum atomic E-state index is -0.414. The van der Waals surface area contributed by atoms with Crippen LogP contribution in [0.15, 0.2) is 12.2 Å². The number of hydrogen-bond donors (Lipinski definition) is 0. The van der Waals surface area contributed by atoms with Crippen LogP contribution in [0.4, 0.5) is 4.79 Å². The highest BCUT2D eigenvalue weighted by atomic mass is 16.6. The first kappa shape index (κ1) is 11.1. The molecule has 3 aliphatic heterocycles. The molecule has 0 aromatic heterocycles. The summed E-state index contributed by atoms with van der Waals surface area (Å²) in [5, 5.41) is 0. The van der Waals surface area contributed by atoms with Crippen molar-refractivity contribution in [3.63, 3.8) is 0 Å². The molecule has 17 heavy (non-hydrogen) atoms. The predicted molar refractivity (Wildman–Crippen MR) is 62.6 cm³/mol. The fourth-order valence-corrected chi connectivity index (χ4v) is 3.00. The Morgan fingerprint density at radius 1 is 1.24 bits per heavy atom. The molecule has 3 heterocycles. The molecule has 1 amide bonds. The summed E-state index contributed by atoms with van der Waals surface area (Å²) in [5.74, 6) is 0.940. The van der Waals surface area contributed by atoms with Gasteiger partial charge in [-0.25, -0.2) is 4.79 Å². The maximum atomic E-state index is 12.0. The minimum absolute atomic E-state index is 0.189. The van der Waals surface area contributed by atoms with E-state index in [2.05, 4.69) is 12.2 Å². The Morgan fingerprint density at radius 2 is 1.76 bits per heavy atom. The van der Waals surface area contributed by atoms with Gasteiger partial charge in [0.1, 0.15) is 5.60 Å². The predicted octanol–water partition coefficient (Wildman–Crippen LogP) is 1.81. The number of rotatable bonds is 0. The molecule has 0 aromatic rings. The number of carbonyl (C=O) groups is 1. The van der Waals surface area contributed by atoms with Gasteiger partial charge < -0.3 is 14.4 Å². The summed E-state index contributed by atoms with van der Waals surface area (Å²) in [4.78, 5) is 13.8. The van der Waals surface area contributed by atoms with Crippen LogP contribution in [0.1, 0.15) is 20.8 Å². The van der Waals surface area contributed by atoms with E-state index in [-0.39, 0.29) is 18.3 Å². The Bertz CT molecular complexity index is 351. The summed E-state index contributed by atoms with van der Waals surface area (Å²) in [6, 6.07) is 0. The molecule has 0 saturated carbocycles. The van der Waals surface area contributed by atoms with E-state index >= 15 is 0 Å². The number of likely N-dealkylation sites (tertiary alicyclic amines) is 1. The van der Waals surface area contributed by atoms with Crippen LogP contribution in [0, 0.1) is 11.8 Å². The van der Waals surface area contributed by atoms with Gasteiger partial charge in [-0.3, -0.25) is 0 Å². The summed E-state index contributed by atoms with van der Waals surface area (Å²) in [7, 11) is 0. The Morgan fingerprint density at radius 3 is 2.24 bits per heavy atom. The quantitative estimate of drug-likeness (QED) is 0.603. The van der Waals surface area contributed by atoms with Gasteiger partial charge in [0, 0.05) is 24.9 Å². The highest BCUT2D eigenvalue weighted by Gasteiger charge is 2.51. The van der Waals surface area contributed by atoms with Crippen molar-refractivity contribution in [2.75, 3.05) is 13.1 Å². The van der Waals surface area contributed by atoms with Crippen molar-refractivity contribution in [1.82, 2.24) is 4.90 Å². The van der Waals surface area contributed by atoms with Crippen molar-refractivity contribution < 1.29 is 14.3 Å². The van der Waals surface area contributed by atoms with Gasteiger partial charge in [0.2, 0.25) is 0 Å². The third-order valence-electron chi connectivity index (χ3n) is 3.71. The Balaban J connectivity index is 1.64. The summed E-state index contributed by atoms with van der Waals surface area (Å²) in [5.41, 5.74) is -0.414. The highest BCUT2D eigenvalue weighted by molar-refractivity contribution is 5.68. The van der Waals surface area contributed by atoms with Gasteiger partial charge in [-0.2, -0.15) is 0 Å². The molecule has 0 radical (unpaired) electrons. The summed E-state index contributed by atoms with van der Waals surface area (Å²) >= 11 is 0. The second kappa shape index (κ2) is 3.48. The average molecular weight is 237 g/mol. The molecule has 3 aliphatic rings. The zero-order chi connectivity index (χ0) is 12.2. The van der Waals surface area contributed by atoms with E-state index in [1.54, 1.807) is 0 Å². The molecule has 94 valence electrons. The number of hydrogen-bond acceptors (Lipinski definition) is 3.